The maximum Gasteiger partial charge on any atom is 0.108 e. The van der Waals surface area contributed by atoms with Crippen LogP contribution in [0, 0.1) is 0 Å². The normalized spacial score (nSPS) is 23.2. The third-order valence-electron chi connectivity index (χ3n) is 3.86. The Bertz CT molecular complexity index is 519. The van der Waals surface area contributed by atoms with Crippen LogP contribution in [0.4, 0.5) is 0 Å². The molecule has 0 bridgehead atoms. The smallest absolute Gasteiger partial charge is 0.108 e. The molecule has 108 valence electrons. The van der Waals surface area contributed by atoms with E-state index in [9.17, 15) is 0 Å². The minimum absolute atomic E-state index is 0.446. The zero-order chi connectivity index (χ0) is 13.8. The van der Waals surface area contributed by atoms with E-state index < -0.39 is 0 Å². The molecule has 3 nitrogen and oxygen atoms in total. The summed E-state index contributed by atoms with van der Waals surface area (Å²) >= 11 is 1.79. The van der Waals surface area contributed by atoms with Gasteiger partial charge in [0.15, 0.2) is 0 Å². The molecule has 0 radical (unpaired) electrons. The first-order chi connectivity index (χ1) is 9.85. The number of hydrogen-bond donors (Lipinski definition) is 1. The van der Waals surface area contributed by atoms with E-state index >= 15 is 0 Å². The summed E-state index contributed by atoms with van der Waals surface area (Å²) in [7, 11) is 0. The lowest BCUT2D eigenvalue weighted by Crippen LogP contribution is -2.38. The fourth-order valence-corrected chi connectivity index (χ4v) is 3.73. The number of hydrogen-bond acceptors (Lipinski definition) is 4. The highest BCUT2D eigenvalue weighted by atomic mass is 32.1. The van der Waals surface area contributed by atoms with Gasteiger partial charge in [-0.1, -0.05) is 25.5 Å². The van der Waals surface area contributed by atoms with E-state index in [1.807, 2.05) is 6.07 Å². The Morgan fingerprint density at radius 1 is 1.40 bits per heavy atom. The molecule has 2 atom stereocenters. The van der Waals surface area contributed by atoms with Crippen LogP contribution in [-0.4, -0.2) is 23.7 Å². The van der Waals surface area contributed by atoms with Gasteiger partial charge in [-0.25, -0.2) is 4.98 Å². The second kappa shape index (κ2) is 6.66. The number of fused-ring (bicyclic) bond motifs is 1. The summed E-state index contributed by atoms with van der Waals surface area (Å²) in [5.74, 6) is 0. The highest BCUT2D eigenvalue weighted by Gasteiger charge is 2.21. The molecule has 1 N–H and O–H groups in total. The van der Waals surface area contributed by atoms with Gasteiger partial charge in [0.25, 0.3) is 0 Å². The van der Waals surface area contributed by atoms with Gasteiger partial charge in [-0.05, 0) is 31.4 Å². The molecule has 20 heavy (non-hydrogen) atoms. The lowest BCUT2D eigenvalue weighted by Gasteiger charge is -2.30. The maximum atomic E-state index is 5.80. The van der Waals surface area contributed by atoms with Crippen LogP contribution in [0.3, 0.4) is 0 Å². The van der Waals surface area contributed by atoms with E-state index in [1.54, 1.807) is 11.3 Å². The van der Waals surface area contributed by atoms with Crippen molar-refractivity contribution in [3.63, 3.8) is 0 Å². The SMILES string of the molecule is CCCC1CC(NCc2nc3ccccc3s2)CCO1. The van der Waals surface area contributed by atoms with Crippen molar-refractivity contribution >= 4 is 21.6 Å². The van der Waals surface area contributed by atoms with E-state index in [1.165, 1.54) is 22.5 Å². The zero-order valence-electron chi connectivity index (χ0n) is 12.0. The van der Waals surface area contributed by atoms with Crippen LogP contribution in [0.5, 0.6) is 0 Å². The third kappa shape index (κ3) is 3.37. The summed E-state index contributed by atoms with van der Waals surface area (Å²) < 4.78 is 7.07. The lowest BCUT2D eigenvalue weighted by molar-refractivity contribution is -0.00342. The molecule has 1 aliphatic heterocycles. The quantitative estimate of drug-likeness (QED) is 0.911. The van der Waals surface area contributed by atoms with E-state index in [0.29, 0.717) is 12.1 Å². The van der Waals surface area contributed by atoms with E-state index in [-0.39, 0.29) is 0 Å². The number of nitrogens with zero attached hydrogens (tertiary/aromatic N) is 1. The Balaban J connectivity index is 1.56. The van der Waals surface area contributed by atoms with Crippen molar-refractivity contribution in [2.24, 2.45) is 0 Å². The molecule has 0 amide bonds. The fourth-order valence-electron chi connectivity index (χ4n) is 2.82. The molecule has 1 aliphatic rings. The van der Waals surface area contributed by atoms with Crippen molar-refractivity contribution < 1.29 is 4.74 Å². The van der Waals surface area contributed by atoms with Gasteiger partial charge >= 0.3 is 0 Å². The maximum absolute atomic E-state index is 5.80. The van der Waals surface area contributed by atoms with Gasteiger partial charge in [0, 0.05) is 19.2 Å². The first-order valence-electron chi connectivity index (χ1n) is 7.54. The first kappa shape index (κ1) is 14.0. The fraction of sp³-hybridized carbons (Fsp3) is 0.562. The van der Waals surface area contributed by atoms with E-state index in [0.717, 1.165) is 31.5 Å². The average Bonchev–Trinajstić information content (AvgIpc) is 2.89. The predicted octanol–water partition coefficient (Wildman–Crippen LogP) is 3.73. The molecule has 1 aromatic carbocycles. The molecule has 2 heterocycles. The number of benzene rings is 1. The van der Waals surface area contributed by atoms with Gasteiger partial charge in [-0.15, -0.1) is 11.3 Å². The number of nitrogens with one attached hydrogen (secondary N) is 1. The monoisotopic (exact) mass is 290 g/mol. The van der Waals surface area contributed by atoms with Crippen LogP contribution in [0.1, 0.15) is 37.6 Å². The highest BCUT2D eigenvalue weighted by Crippen LogP contribution is 2.22. The third-order valence-corrected chi connectivity index (χ3v) is 4.89. The van der Waals surface area contributed by atoms with Gasteiger partial charge in [0.05, 0.1) is 16.3 Å². The Morgan fingerprint density at radius 2 is 2.30 bits per heavy atom. The summed E-state index contributed by atoms with van der Waals surface area (Å²) in [4.78, 5) is 4.68. The van der Waals surface area contributed by atoms with E-state index in [2.05, 4.69) is 35.4 Å². The van der Waals surface area contributed by atoms with Crippen LogP contribution < -0.4 is 5.32 Å². The van der Waals surface area contributed by atoms with Gasteiger partial charge in [0.2, 0.25) is 0 Å². The molecule has 2 unspecified atom stereocenters. The summed E-state index contributed by atoms with van der Waals surface area (Å²) in [5.41, 5.74) is 1.12. The summed E-state index contributed by atoms with van der Waals surface area (Å²) in [6.07, 6.45) is 5.08. The summed E-state index contributed by atoms with van der Waals surface area (Å²) in [5, 5.41) is 4.84. The molecule has 0 saturated carbocycles. The predicted molar refractivity (Wildman–Crippen MR) is 84.1 cm³/mol. The molecular weight excluding hydrogens is 268 g/mol. The Morgan fingerprint density at radius 3 is 3.15 bits per heavy atom. The average molecular weight is 290 g/mol. The number of rotatable bonds is 5. The topological polar surface area (TPSA) is 34.2 Å². The molecule has 2 aromatic rings. The minimum Gasteiger partial charge on any atom is -0.378 e. The molecule has 1 aromatic heterocycles. The standard InChI is InChI=1S/C16H22N2OS/c1-2-5-13-10-12(8-9-19-13)17-11-16-18-14-6-3-4-7-15(14)20-16/h3-4,6-7,12-13,17H,2,5,8-11H2,1H3. The summed E-state index contributed by atoms with van der Waals surface area (Å²) in [6.45, 7) is 3.99. The minimum atomic E-state index is 0.446. The largest absolute Gasteiger partial charge is 0.378 e. The van der Waals surface area contributed by atoms with Crippen LogP contribution in [0.25, 0.3) is 10.2 Å². The van der Waals surface area contributed by atoms with Crippen molar-refractivity contribution in [3.8, 4) is 0 Å². The first-order valence-corrected chi connectivity index (χ1v) is 8.36. The Hall–Kier alpha value is -0.970. The van der Waals surface area contributed by atoms with E-state index in [4.69, 9.17) is 4.74 Å². The van der Waals surface area contributed by atoms with Crippen LogP contribution >= 0.6 is 11.3 Å². The van der Waals surface area contributed by atoms with Crippen molar-refractivity contribution in [3.05, 3.63) is 29.3 Å². The van der Waals surface area contributed by atoms with Gasteiger partial charge in [0.1, 0.15) is 5.01 Å². The number of ether oxygens (including phenoxy) is 1. The molecule has 0 aliphatic carbocycles. The number of para-hydroxylation sites is 1. The van der Waals surface area contributed by atoms with Gasteiger partial charge in [-0.2, -0.15) is 0 Å². The zero-order valence-corrected chi connectivity index (χ0v) is 12.8. The van der Waals surface area contributed by atoms with Crippen molar-refractivity contribution in [2.75, 3.05) is 6.61 Å². The van der Waals surface area contributed by atoms with Crippen LogP contribution in [0.2, 0.25) is 0 Å². The molecule has 4 heteroatoms. The van der Waals surface area contributed by atoms with Crippen molar-refractivity contribution in [1.82, 2.24) is 10.3 Å². The number of aromatic nitrogens is 1. The Labute approximate surface area is 124 Å². The van der Waals surface area contributed by atoms with Gasteiger partial charge < -0.3 is 10.1 Å². The molecule has 1 saturated heterocycles. The second-order valence-electron chi connectivity index (χ2n) is 5.46. The van der Waals surface area contributed by atoms with Crippen LogP contribution in [-0.2, 0) is 11.3 Å². The lowest BCUT2D eigenvalue weighted by atomic mass is 10.0. The highest BCUT2D eigenvalue weighted by molar-refractivity contribution is 7.18. The molecule has 0 spiro atoms. The molecule has 1 fully saturated rings. The summed E-state index contributed by atoms with van der Waals surface area (Å²) in [6, 6.07) is 8.93. The van der Waals surface area contributed by atoms with Crippen molar-refractivity contribution in [1.29, 1.82) is 0 Å². The van der Waals surface area contributed by atoms with Crippen molar-refractivity contribution in [2.45, 2.75) is 51.3 Å². The Kier molecular flexibility index (Phi) is 4.65. The van der Waals surface area contributed by atoms with Gasteiger partial charge in [-0.3, -0.25) is 0 Å². The number of thiazole rings is 1. The van der Waals surface area contributed by atoms with Crippen LogP contribution in [0.15, 0.2) is 24.3 Å². The second-order valence-corrected chi connectivity index (χ2v) is 6.57. The molecular formula is C16H22N2OS. The molecule has 3 rings (SSSR count).